The molecule has 0 aliphatic rings. The number of carbonyl (C=O) groups is 1. The van der Waals surface area contributed by atoms with Crippen molar-refractivity contribution in [3.05, 3.63) is 34.6 Å². The van der Waals surface area contributed by atoms with Crippen molar-refractivity contribution in [1.29, 1.82) is 0 Å². The standard InChI is InChI=1S/C11H10BrN3O2S/c1-7-4-8(2-3-9(7)12)15-6-13-14-11(15)18-5-10(16)17/h2-4,6H,5H2,1H3,(H,16,17). The minimum absolute atomic E-state index is 0.0335. The van der Waals surface area contributed by atoms with Gasteiger partial charge in [-0.05, 0) is 30.7 Å². The highest BCUT2D eigenvalue weighted by Crippen LogP contribution is 2.23. The number of aliphatic carboxylic acids is 1. The molecule has 2 aromatic rings. The monoisotopic (exact) mass is 327 g/mol. The fourth-order valence-electron chi connectivity index (χ4n) is 1.40. The molecule has 94 valence electrons. The molecule has 0 bridgehead atoms. The van der Waals surface area contributed by atoms with E-state index < -0.39 is 5.97 Å². The van der Waals surface area contributed by atoms with Crippen molar-refractivity contribution >= 4 is 33.7 Å². The highest BCUT2D eigenvalue weighted by atomic mass is 79.9. The molecule has 7 heteroatoms. The van der Waals surface area contributed by atoms with E-state index in [2.05, 4.69) is 26.1 Å². The summed E-state index contributed by atoms with van der Waals surface area (Å²) in [7, 11) is 0. The van der Waals surface area contributed by atoms with Gasteiger partial charge in [0.15, 0.2) is 5.16 Å². The number of hydrogen-bond donors (Lipinski definition) is 1. The lowest BCUT2D eigenvalue weighted by molar-refractivity contribution is -0.133. The fourth-order valence-corrected chi connectivity index (χ4v) is 2.30. The van der Waals surface area contributed by atoms with E-state index in [9.17, 15) is 4.79 Å². The highest BCUT2D eigenvalue weighted by Gasteiger charge is 2.09. The second-order valence-electron chi connectivity index (χ2n) is 3.60. The van der Waals surface area contributed by atoms with Gasteiger partial charge < -0.3 is 5.11 Å². The molecule has 0 aliphatic heterocycles. The number of rotatable bonds is 4. The molecule has 0 fully saturated rings. The number of aryl methyl sites for hydroxylation is 1. The number of carboxylic acids is 1. The van der Waals surface area contributed by atoms with E-state index in [-0.39, 0.29) is 5.75 Å². The SMILES string of the molecule is Cc1cc(-n2cnnc2SCC(=O)O)ccc1Br. The van der Waals surface area contributed by atoms with Gasteiger partial charge in [-0.1, -0.05) is 27.7 Å². The van der Waals surface area contributed by atoms with Gasteiger partial charge in [-0.25, -0.2) is 0 Å². The molecule has 1 aromatic carbocycles. The summed E-state index contributed by atoms with van der Waals surface area (Å²) in [5.41, 5.74) is 2.00. The second kappa shape index (κ2) is 5.53. The molecule has 0 radical (unpaired) electrons. The Hall–Kier alpha value is -1.34. The molecule has 5 nitrogen and oxygen atoms in total. The van der Waals surface area contributed by atoms with Gasteiger partial charge in [-0.2, -0.15) is 0 Å². The van der Waals surface area contributed by atoms with Crippen molar-refractivity contribution in [2.45, 2.75) is 12.1 Å². The lowest BCUT2D eigenvalue weighted by atomic mass is 10.2. The summed E-state index contributed by atoms with van der Waals surface area (Å²) in [6.07, 6.45) is 1.58. The van der Waals surface area contributed by atoms with Crippen LogP contribution >= 0.6 is 27.7 Å². The summed E-state index contributed by atoms with van der Waals surface area (Å²) >= 11 is 4.58. The van der Waals surface area contributed by atoms with E-state index in [1.54, 1.807) is 10.9 Å². The maximum absolute atomic E-state index is 10.6. The van der Waals surface area contributed by atoms with Gasteiger partial charge in [-0.15, -0.1) is 10.2 Å². The highest BCUT2D eigenvalue weighted by molar-refractivity contribution is 9.10. The first-order valence-corrected chi connectivity index (χ1v) is 6.87. The summed E-state index contributed by atoms with van der Waals surface area (Å²) in [4.78, 5) is 10.6. The van der Waals surface area contributed by atoms with E-state index in [4.69, 9.17) is 5.11 Å². The Kier molecular flexibility index (Phi) is 4.03. The van der Waals surface area contributed by atoms with E-state index in [1.165, 1.54) is 0 Å². The molecule has 1 heterocycles. The van der Waals surface area contributed by atoms with Crippen molar-refractivity contribution in [3.63, 3.8) is 0 Å². The maximum atomic E-state index is 10.6. The van der Waals surface area contributed by atoms with Crippen LogP contribution < -0.4 is 0 Å². The molecule has 0 unspecified atom stereocenters. The third kappa shape index (κ3) is 2.91. The van der Waals surface area contributed by atoms with Crippen LogP contribution in [0.15, 0.2) is 34.2 Å². The predicted octanol–water partition coefficient (Wildman–Crippen LogP) is 2.51. The van der Waals surface area contributed by atoms with Crippen LogP contribution in [0.1, 0.15) is 5.56 Å². The van der Waals surface area contributed by atoms with Crippen LogP contribution in [0.5, 0.6) is 0 Å². The number of benzene rings is 1. The maximum Gasteiger partial charge on any atom is 0.313 e. The summed E-state index contributed by atoms with van der Waals surface area (Å²) in [5.74, 6) is -0.907. The predicted molar refractivity (Wildman–Crippen MR) is 72.2 cm³/mol. The first-order valence-electron chi connectivity index (χ1n) is 5.09. The van der Waals surface area contributed by atoms with Crippen molar-refractivity contribution in [1.82, 2.24) is 14.8 Å². The molecular formula is C11H10BrN3O2S. The van der Waals surface area contributed by atoms with Crippen molar-refractivity contribution in [2.75, 3.05) is 5.75 Å². The Labute approximate surface area is 116 Å². The van der Waals surface area contributed by atoms with E-state index >= 15 is 0 Å². The van der Waals surface area contributed by atoms with Gasteiger partial charge >= 0.3 is 5.97 Å². The number of aromatic nitrogens is 3. The molecule has 0 saturated carbocycles. The molecule has 1 N–H and O–H groups in total. The largest absolute Gasteiger partial charge is 0.481 e. The smallest absolute Gasteiger partial charge is 0.313 e. The molecule has 0 aliphatic carbocycles. The van der Waals surface area contributed by atoms with Gasteiger partial charge in [0.05, 0.1) is 5.75 Å². The second-order valence-corrected chi connectivity index (χ2v) is 5.40. The van der Waals surface area contributed by atoms with Gasteiger partial charge in [0.25, 0.3) is 0 Å². The van der Waals surface area contributed by atoms with Crippen molar-refractivity contribution < 1.29 is 9.90 Å². The van der Waals surface area contributed by atoms with E-state index in [0.717, 1.165) is 27.5 Å². The van der Waals surface area contributed by atoms with Crippen LogP contribution in [0.4, 0.5) is 0 Å². The molecule has 0 saturated heterocycles. The van der Waals surface area contributed by atoms with E-state index in [0.29, 0.717) is 5.16 Å². The summed E-state index contributed by atoms with van der Waals surface area (Å²) < 4.78 is 2.80. The van der Waals surface area contributed by atoms with Crippen molar-refractivity contribution in [3.8, 4) is 5.69 Å². The molecule has 18 heavy (non-hydrogen) atoms. The fraction of sp³-hybridized carbons (Fsp3) is 0.182. The number of hydrogen-bond acceptors (Lipinski definition) is 4. The van der Waals surface area contributed by atoms with Crippen molar-refractivity contribution in [2.24, 2.45) is 0 Å². The van der Waals surface area contributed by atoms with E-state index in [1.807, 2.05) is 25.1 Å². The van der Waals surface area contributed by atoms with Gasteiger partial charge in [0.2, 0.25) is 0 Å². The van der Waals surface area contributed by atoms with Crippen LogP contribution in [0.25, 0.3) is 5.69 Å². The summed E-state index contributed by atoms with van der Waals surface area (Å²) in [5, 5.41) is 17.0. The first-order chi connectivity index (χ1) is 8.58. The zero-order valence-electron chi connectivity index (χ0n) is 9.50. The average Bonchev–Trinajstić information content (AvgIpc) is 2.78. The third-order valence-corrected chi connectivity index (χ3v) is 4.08. The summed E-state index contributed by atoms with van der Waals surface area (Å²) in [6, 6.07) is 5.85. The van der Waals surface area contributed by atoms with Gasteiger partial charge in [0.1, 0.15) is 6.33 Å². The summed E-state index contributed by atoms with van der Waals surface area (Å²) in [6.45, 7) is 1.99. The number of carboxylic acid groups (broad SMARTS) is 1. The molecule has 0 atom stereocenters. The minimum atomic E-state index is -0.874. The van der Waals surface area contributed by atoms with Crippen LogP contribution in [0, 0.1) is 6.92 Å². The Balaban J connectivity index is 2.30. The number of halogens is 1. The zero-order chi connectivity index (χ0) is 13.1. The van der Waals surface area contributed by atoms with Crippen LogP contribution in [-0.2, 0) is 4.79 Å². The average molecular weight is 328 g/mol. The quantitative estimate of drug-likeness (QED) is 0.874. The third-order valence-electron chi connectivity index (χ3n) is 2.26. The van der Waals surface area contributed by atoms with Gasteiger partial charge in [0, 0.05) is 10.2 Å². The first kappa shape index (κ1) is 13.1. The molecule has 1 aromatic heterocycles. The molecular weight excluding hydrogens is 318 g/mol. The number of thioether (sulfide) groups is 1. The normalized spacial score (nSPS) is 10.6. The Morgan fingerprint density at radius 1 is 1.56 bits per heavy atom. The lowest BCUT2D eigenvalue weighted by Crippen LogP contribution is -2.01. The minimum Gasteiger partial charge on any atom is -0.481 e. The lowest BCUT2D eigenvalue weighted by Gasteiger charge is -2.07. The Morgan fingerprint density at radius 2 is 2.33 bits per heavy atom. The van der Waals surface area contributed by atoms with Crippen LogP contribution in [0.2, 0.25) is 0 Å². The molecule has 0 spiro atoms. The Bertz CT molecular complexity index is 585. The zero-order valence-corrected chi connectivity index (χ0v) is 11.9. The topological polar surface area (TPSA) is 68.0 Å². The molecule has 2 rings (SSSR count). The van der Waals surface area contributed by atoms with Crippen LogP contribution in [-0.4, -0.2) is 31.6 Å². The van der Waals surface area contributed by atoms with Crippen LogP contribution in [0.3, 0.4) is 0 Å². The molecule has 0 amide bonds. The van der Waals surface area contributed by atoms with Gasteiger partial charge in [-0.3, -0.25) is 9.36 Å². The number of nitrogens with zero attached hydrogens (tertiary/aromatic N) is 3. The Morgan fingerprint density at radius 3 is 3.00 bits per heavy atom.